The fraction of sp³-hybridized carbons (Fsp3) is 0.143. The highest BCUT2D eigenvalue weighted by molar-refractivity contribution is 6.53. The zero-order valence-electron chi connectivity index (χ0n) is 18.8. The minimum Gasteiger partial charge on any atom is -0.337 e. The van der Waals surface area contributed by atoms with Crippen LogP contribution in [0.1, 0.15) is 42.1 Å². The maximum absolute atomic E-state index is 6.94. The van der Waals surface area contributed by atoms with E-state index in [1.54, 1.807) is 0 Å². The van der Waals surface area contributed by atoms with Crippen LogP contribution in [-0.4, -0.2) is 16.3 Å². The smallest absolute Gasteiger partial charge is 0.0945 e. The van der Waals surface area contributed by atoms with Crippen molar-refractivity contribution in [3.8, 4) is 0 Å². The number of halogens is 1. The van der Waals surface area contributed by atoms with E-state index in [0.717, 1.165) is 39.2 Å². The first-order valence-electron chi connectivity index (χ1n) is 10.5. The molecule has 0 N–H and O–H groups in total. The van der Waals surface area contributed by atoms with E-state index < -0.39 is 0 Å². The SMILES string of the molecule is C=C/C=C(\C=C/C)C(c1ccc(N=C)c(/C(Cl)=C(\C)c2ccccc2)c1)c1cncn1C. The Morgan fingerprint density at radius 2 is 1.94 bits per heavy atom. The summed E-state index contributed by atoms with van der Waals surface area (Å²) < 4.78 is 2.04. The summed E-state index contributed by atoms with van der Waals surface area (Å²) in [6.07, 6.45) is 11.7. The van der Waals surface area contributed by atoms with Gasteiger partial charge in [0.25, 0.3) is 0 Å². The molecule has 4 heteroatoms. The van der Waals surface area contributed by atoms with Gasteiger partial charge in [-0.2, -0.15) is 0 Å². The van der Waals surface area contributed by atoms with Gasteiger partial charge in [-0.3, -0.25) is 4.99 Å². The lowest BCUT2D eigenvalue weighted by molar-refractivity contribution is 0.792. The molecule has 2 aromatic carbocycles. The fourth-order valence-electron chi connectivity index (χ4n) is 3.82. The second-order valence-electron chi connectivity index (χ2n) is 7.50. The summed E-state index contributed by atoms with van der Waals surface area (Å²) in [6.45, 7) is 11.7. The normalized spacial score (nSPS) is 13.7. The molecule has 0 radical (unpaired) electrons. The molecule has 0 bridgehead atoms. The van der Waals surface area contributed by atoms with Gasteiger partial charge in [0.05, 0.1) is 23.0 Å². The Balaban J connectivity index is 2.24. The molecule has 162 valence electrons. The van der Waals surface area contributed by atoms with Gasteiger partial charge in [0, 0.05) is 24.5 Å². The molecular formula is C28H28ClN3. The van der Waals surface area contributed by atoms with Gasteiger partial charge in [-0.25, -0.2) is 4.98 Å². The third-order valence-corrected chi connectivity index (χ3v) is 5.94. The summed E-state index contributed by atoms with van der Waals surface area (Å²) in [6, 6.07) is 16.3. The number of aromatic nitrogens is 2. The number of imidazole rings is 1. The molecule has 0 aliphatic heterocycles. The third-order valence-electron chi connectivity index (χ3n) is 5.45. The Labute approximate surface area is 195 Å². The van der Waals surface area contributed by atoms with Crippen LogP contribution >= 0.6 is 11.6 Å². The van der Waals surface area contributed by atoms with Gasteiger partial charge in [-0.1, -0.05) is 78.9 Å². The maximum atomic E-state index is 6.94. The molecule has 0 spiro atoms. The van der Waals surface area contributed by atoms with Crippen LogP contribution < -0.4 is 0 Å². The fourth-order valence-corrected chi connectivity index (χ4v) is 4.08. The van der Waals surface area contributed by atoms with Crippen molar-refractivity contribution in [3.05, 3.63) is 120 Å². The standard InChI is InChI=1S/C28H28ClN3/c1-6-11-22(12-7-2)27(26-18-31-19-32(26)5)23-15-16-25(30-4)24(17-23)28(29)20(3)21-13-9-8-10-14-21/h6-19,27H,1,4H2,2-3,5H3/b12-7-,22-11+,28-20-. The van der Waals surface area contributed by atoms with Crippen molar-refractivity contribution in [1.29, 1.82) is 0 Å². The summed E-state index contributed by atoms with van der Waals surface area (Å²) in [5, 5.41) is 0.657. The van der Waals surface area contributed by atoms with Crippen molar-refractivity contribution in [3.63, 3.8) is 0 Å². The lowest BCUT2D eigenvalue weighted by Gasteiger charge is -2.21. The molecular weight excluding hydrogens is 414 g/mol. The van der Waals surface area contributed by atoms with Crippen molar-refractivity contribution in [2.75, 3.05) is 0 Å². The van der Waals surface area contributed by atoms with Crippen molar-refractivity contribution in [2.24, 2.45) is 12.0 Å². The molecule has 1 heterocycles. The highest BCUT2D eigenvalue weighted by atomic mass is 35.5. The van der Waals surface area contributed by atoms with Gasteiger partial charge in [0.2, 0.25) is 0 Å². The minimum absolute atomic E-state index is 0.0455. The topological polar surface area (TPSA) is 30.2 Å². The molecule has 32 heavy (non-hydrogen) atoms. The molecule has 1 aromatic heterocycles. The van der Waals surface area contributed by atoms with Gasteiger partial charge in [-0.05, 0) is 55.0 Å². The quantitative estimate of drug-likeness (QED) is 0.200. The summed E-state index contributed by atoms with van der Waals surface area (Å²) in [7, 11) is 2.00. The molecule has 3 rings (SSSR count). The van der Waals surface area contributed by atoms with Crippen molar-refractivity contribution in [2.45, 2.75) is 19.8 Å². The number of allylic oxidation sites excluding steroid dienone is 6. The van der Waals surface area contributed by atoms with Crippen LogP contribution in [0.4, 0.5) is 5.69 Å². The molecule has 0 saturated heterocycles. The third kappa shape index (κ3) is 4.90. The van der Waals surface area contributed by atoms with Gasteiger partial charge in [0.15, 0.2) is 0 Å². The number of hydrogen-bond donors (Lipinski definition) is 0. The predicted octanol–water partition coefficient (Wildman–Crippen LogP) is 7.70. The highest BCUT2D eigenvalue weighted by Crippen LogP contribution is 2.40. The van der Waals surface area contributed by atoms with Gasteiger partial charge in [0.1, 0.15) is 0 Å². The van der Waals surface area contributed by atoms with E-state index in [4.69, 9.17) is 11.6 Å². The zero-order chi connectivity index (χ0) is 23.1. The van der Waals surface area contributed by atoms with Crippen LogP contribution in [0.5, 0.6) is 0 Å². The second-order valence-corrected chi connectivity index (χ2v) is 7.88. The Hall–Kier alpha value is -3.43. The Morgan fingerprint density at radius 3 is 2.53 bits per heavy atom. The van der Waals surface area contributed by atoms with Gasteiger partial charge < -0.3 is 4.57 Å². The number of nitrogens with zero attached hydrogens (tertiary/aromatic N) is 3. The minimum atomic E-state index is -0.0455. The molecule has 0 amide bonds. The lowest BCUT2D eigenvalue weighted by atomic mass is 9.86. The van der Waals surface area contributed by atoms with E-state index in [1.165, 1.54) is 0 Å². The summed E-state index contributed by atoms with van der Waals surface area (Å²) >= 11 is 6.94. The Bertz CT molecular complexity index is 1200. The summed E-state index contributed by atoms with van der Waals surface area (Å²) in [5.74, 6) is -0.0455. The van der Waals surface area contributed by atoms with Crippen molar-refractivity contribution >= 4 is 34.6 Å². The molecule has 1 unspecified atom stereocenters. The largest absolute Gasteiger partial charge is 0.337 e. The number of rotatable bonds is 8. The summed E-state index contributed by atoms with van der Waals surface area (Å²) in [4.78, 5) is 8.59. The van der Waals surface area contributed by atoms with Crippen LogP contribution in [0.2, 0.25) is 0 Å². The van der Waals surface area contributed by atoms with Gasteiger partial charge >= 0.3 is 0 Å². The van der Waals surface area contributed by atoms with Crippen LogP contribution in [0.25, 0.3) is 10.6 Å². The monoisotopic (exact) mass is 441 g/mol. The Morgan fingerprint density at radius 1 is 1.19 bits per heavy atom. The average Bonchev–Trinajstić information content (AvgIpc) is 3.24. The van der Waals surface area contributed by atoms with Crippen LogP contribution in [0, 0.1) is 0 Å². The molecule has 0 aliphatic rings. The molecule has 3 nitrogen and oxygen atoms in total. The van der Waals surface area contributed by atoms with E-state index in [-0.39, 0.29) is 5.92 Å². The van der Waals surface area contributed by atoms with E-state index in [9.17, 15) is 0 Å². The van der Waals surface area contributed by atoms with Gasteiger partial charge in [-0.15, -0.1) is 0 Å². The van der Waals surface area contributed by atoms with E-state index in [2.05, 4.69) is 53.6 Å². The van der Waals surface area contributed by atoms with Crippen LogP contribution in [0.3, 0.4) is 0 Å². The first kappa shape index (κ1) is 23.2. The van der Waals surface area contributed by atoms with Crippen molar-refractivity contribution < 1.29 is 0 Å². The molecule has 0 fully saturated rings. The van der Waals surface area contributed by atoms with E-state index in [1.807, 2.05) is 80.5 Å². The number of aryl methyl sites for hydroxylation is 1. The number of benzene rings is 2. The Kier molecular flexibility index (Phi) is 7.80. The van der Waals surface area contributed by atoms with Crippen molar-refractivity contribution in [1.82, 2.24) is 9.55 Å². The molecule has 0 aliphatic carbocycles. The van der Waals surface area contributed by atoms with E-state index in [0.29, 0.717) is 5.03 Å². The summed E-state index contributed by atoms with van der Waals surface area (Å²) in [5.41, 5.74) is 6.92. The average molecular weight is 442 g/mol. The second kappa shape index (κ2) is 10.7. The maximum Gasteiger partial charge on any atom is 0.0945 e. The zero-order valence-corrected chi connectivity index (χ0v) is 19.6. The highest BCUT2D eigenvalue weighted by Gasteiger charge is 2.22. The van der Waals surface area contributed by atoms with E-state index >= 15 is 0 Å². The first-order valence-corrected chi connectivity index (χ1v) is 10.8. The molecule has 0 saturated carbocycles. The first-order chi connectivity index (χ1) is 15.5. The molecule has 3 aromatic rings. The van der Waals surface area contributed by atoms with Crippen LogP contribution in [-0.2, 0) is 7.05 Å². The predicted molar refractivity (Wildman–Crippen MR) is 139 cm³/mol. The lowest BCUT2D eigenvalue weighted by Crippen LogP contribution is -2.09. The number of hydrogen-bond acceptors (Lipinski definition) is 2. The molecule has 1 atom stereocenters. The number of aliphatic imine (C=N–C) groups is 1. The van der Waals surface area contributed by atoms with Crippen LogP contribution in [0.15, 0.2) is 103 Å².